The Bertz CT molecular complexity index is 755. The smallest absolute Gasteiger partial charge is 0.198 e. The van der Waals surface area contributed by atoms with E-state index in [4.69, 9.17) is 4.74 Å². The predicted molar refractivity (Wildman–Crippen MR) is 97.0 cm³/mol. The van der Waals surface area contributed by atoms with E-state index in [0.29, 0.717) is 17.4 Å². The Morgan fingerprint density at radius 1 is 1.16 bits per heavy atom. The van der Waals surface area contributed by atoms with Crippen molar-refractivity contribution in [2.24, 2.45) is 0 Å². The van der Waals surface area contributed by atoms with Crippen LogP contribution >= 0.6 is 0 Å². The summed E-state index contributed by atoms with van der Waals surface area (Å²) in [5.74, 6) is -0.276. The molecule has 1 fully saturated rings. The molecule has 0 saturated carbocycles. The highest BCUT2D eigenvalue weighted by molar-refractivity contribution is 6.12. The predicted octanol–water partition coefficient (Wildman–Crippen LogP) is 3.57. The molecule has 0 unspecified atom stereocenters. The third-order valence-electron chi connectivity index (χ3n) is 4.67. The van der Waals surface area contributed by atoms with Gasteiger partial charge in [0.05, 0.1) is 12.7 Å². The molecule has 0 atom stereocenters. The summed E-state index contributed by atoms with van der Waals surface area (Å²) in [6, 6.07) is 11.7. The summed E-state index contributed by atoms with van der Waals surface area (Å²) in [4.78, 5) is 15.2. The van der Waals surface area contributed by atoms with E-state index in [9.17, 15) is 9.18 Å². The molecule has 2 aromatic rings. The average Bonchev–Trinajstić information content (AvgIpc) is 2.64. The van der Waals surface area contributed by atoms with Crippen molar-refractivity contribution in [3.63, 3.8) is 0 Å². The largest absolute Gasteiger partial charge is 0.497 e. The molecule has 0 aliphatic carbocycles. The maximum absolute atomic E-state index is 14.1. The summed E-state index contributed by atoms with van der Waals surface area (Å²) < 4.78 is 19.3. The number of nitrogens with zero attached hydrogens (tertiary/aromatic N) is 1. The first-order chi connectivity index (χ1) is 12.1. The zero-order chi connectivity index (χ0) is 17.8. The molecule has 1 saturated heterocycles. The van der Waals surface area contributed by atoms with Crippen molar-refractivity contribution in [1.82, 2.24) is 4.90 Å². The molecule has 0 spiro atoms. The molecular formula is C20H23FN2O2. The fourth-order valence-electron chi connectivity index (χ4n) is 3.13. The fourth-order valence-corrected chi connectivity index (χ4v) is 3.13. The van der Waals surface area contributed by atoms with Crippen LogP contribution in [0.2, 0.25) is 0 Å². The molecule has 1 aliphatic heterocycles. The quantitative estimate of drug-likeness (QED) is 0.844. The van der Waals surface area contributed by atoms with Crippen LogP contribution in [0.4, 0.5) is 10.1 Å². The van der Waals surface area contributed by atoms with Crippen molar-refractivity contribution < 1.29 is 13.9 Å². The van der Waals surface area contributed by atoms with Gasteiger partial charge >= 0.3 is 0 Å². The van der Waals surface area contributed by atoms with E-state index < -0.39 is 5.82 Å². The van der Waals surface area contributed by atoms with Gasteiger partial charge in [0.2, 0.25) is 0 Å². The molecule has 4 nitrogen and oxygen atoms in total. The first kappa shape index (κ1) is 17.4. The zero-order valence-corrected chi connectivity index (χ0v) is 14.6. The van der Waals surface area contributed by atoms with Crippen LogP contribution in [0, 0.1) is 5.82 Å². The van der Waals surface area contributed by atoms with Crippen molar-refractivity contribution in [3.8, 4) is 5.75 Å². The monoisotopic (exact) mass is 342 g/mol. The van der Waals surface area contributed by atoms with E-state index in [1.807, 2.05) is 12.1 Å². The first-order valence-electron chi connectivity index (χ1n) is 8.51. The van der Waals surface area contributed by atoms with E-state index >= 15 is 0 Å². The normalized spacial score (nSPS) is 15.8. The van der Waals surface area contributed by atoms with Gasteiger partial charge in [-0.05, 0) is 63.3 Å². The van der Waals surface area contributed by atoms with Crippen LogP contribution in [0.5, 0.6) is 5.75 Å². The standard InChI is InChI=1S/C20H23FN2O2/c1-23-11-9-14(10-12-23)22-19-8-7-15(25-2)13-17(19)20(24)16-5-3-4-6-18(16)21/h3-8,13-14,22H,9-12H2,1-2H3. The molecule has 1 heterocycles. The van der Waals surface area contributed by atoms with Gasteiger partial charge in [0.25, 0.3) is 0 Å². The molecule has 1 aliphatic rings. The van der Waals surface area contributed by atoms with Crippen LogP contribution in [0.3, 0.4) is 0 Å². The lowest BCUT2D eigenvalue weighted by Crippen LogP contribution is -2.37. The van der Waals surface area contributed by atoms with E-state index in [1.165, 1.54) is 12.1 Å². The van der Waals surface area contributed by atoms with E-state index in [2.05, 4.69) is 17.3 Å². The summed E-state index contributed by atoms with van der Waals surface area (Å²) in [7, 11) is 3.66. The van der Waals surface area contributed by atoms with Gasteiger partial charge in [0.1, 0.15) is 11.6 Å². The van der Waals surface area contributed by atoms with E-state index in [0.717, 1.165) is 31.6 Å². The number of carbonyl (C=O) groups is 1. The van der Waals surface area contributed by atoms with Crippen molar-refractivity contribution >= 4 is 11.5 Å². The van der Waals surface area contributed by atoms with Crippen LogP contribution in [-0.4, -0.2) is 44.0 Å². The molecule has 0 amide bonds. The van der Waals surface area contributed by atoms with Crippen molar-refractivity contribution in [2.75, 3.05) is 32.6 Å². The number of hydrogen-bond acceptors (Lipinski definition) is 4. The molecular weight excluding hydrogens is 319 g/mol. The highest BCUT2D eigenvalue weighted by atomic mass is 19.1. The van der Waals surface area contributed by atoms with Crippen LogP contribution in [0.1, 0.15) is 28.8 Å². The number of hydrogen-bond donors (Lipinski definition) is 1. The Kier molecular flexibility index (Phi) is 5.34. The van der Waals surface area contributed by atoms with Gasteiger partial charge < -0.3 is 15.0 Å². The van der Waals surface area contributed by atoms with Crippen LogP contribution in [-0.2, 0) is 0 Å². The minimum atomic E-state index is -0.513. The molecule has 25 heavy (non-hydrogen) atoms. The lowest BCUT2D eigenvalue weighted by Gasteiger charge is -2.30. The third kappa shape index (κ3) is 3.99. The van der Waals surface area contributed by atoms with Crippen molar-refractivity contribution in [2.45, 2.75) is 18.9 Å². The number of rotatable bonds is 5. The van der Waals surface area contributed by atoms with Crippen molar-refractivity contribution in [3.05, 3.63) is 59.4 Å². The highest BCUT2D eigenvalue weighted by Gasteiger charge is 2.21. The summed E-state index contributed by atoms with van der Waals surface area (Å²) in [5.41, 5.74) is 1.23. The maximum atomic E-state index is 14.1. The van der Waals surface area contributed by atoms with Gasteiger partial charge in [-0.25, -0.2) is 4.39 Å². The summed E-state index contributed by atoms with van der Waals surface area (Å²) in [6.07, 6.45) is 2.02. The lowest BCUT2D eigenvalue weighted by atomic mass is 9.99. The Hall–Kier alpha value is -2.40. The van der Waals surface area contributed by atoms with E-state index in [1.54, 1.807) is 25.3 Å². The second-order valence-corrected chi connectivity index (χ2v) is 6.44. The molecule has 0 radical (unpaired) electrons. The number of methoxy groups -OCH3 is 1. The summed E-state index contributed by atoms with van der Waals surface area (Å²) in [5, 5.41) is 3.47. The van der Waals surface area contributed by atoms with Gasteiger partial charge in [-0.2, -0.15) is 0 Å². The fraction of sp³-hybridized carbons (Fsp3) is 0.350. The molecule has 1 N–H and O–H groups in total. The van der Waals surface area contributed by atoms with Gasteiger partial charge in [0, 0.05) is 17.3 Å². The zero-order valence-electron chi connectivity index (χ0n) is 14.6. The van der Waals surface area contributed by atoms with Crippen molar-refractivity contribution in [1.29, 1.82) is 0 Å². The van der Waals surface area contributed by atoms with Crippen LogP contribution < -0.4 is 10.1 Å². The minimum absolute atomic E-state index is 0.0715. The van der Waals surface area contributed by atoms with Crippen LogP contribution in [0.25, 0.3) is 0 Å². The Balaban J connectivity index is 1.91. The van der Waals surface area contributed by atoms with Gasteiger partial charge in [0.15, 0.2) is 5.78 Å². The minimum Gasteiger partial charge on any atom is -0.497 e. The first-order valence-corrected chi connectivity index (χ1v) is 8.51. The number of benzene rings is 2. The highest BCUT2D eigenvalue weighted by Crippen LogP contribution is 2.27. The lowest BCUT2D eigenvalue weighted by molar-refractivity contribution is 0.103. The Labute approximate surface area is 147 Å². The summed E-state index contributed by atoms with van der Waals surface area (Å²) >= 11 is 0. The van der Waals surface area contributed by atoms with Crippen LogP contribution in [0.15, 0.2) is 42.5 Å². The molecule has 0 bridgehead atoms. The second kappa shape index (κ2) is 7.66. The number of halogens is 1. The van der Waals surface area contributed by atoms with Gasteiger partial charge in [-0.15, -0.1) is 0 Å². The Morgan fingerprint density at radius 2 is 1.88 bits per heavy atom. The average molecular weight is 342 g/mol. The number of anilines is 1. The maximum Gasteiger partial charge on any atom is 0.198 e. The number of ether oxygens (including phenoxy) is 1. The Morgan fingerprint density at radius 3 is 2.56 bits per heavy atom. The number of carbonyl (C=O) groups excluding carboxylic acids is 1. The number of piperidine rings is 1. The molecule has 0 aromatic heterocycles. The van der Waals surface area contributed by atoms with Gasteiger partial charge in [-0.1, -0.05) is 12.1 Å². The molecule has 2 aromatic carbocycles. The summed E-state index contributed by atoms with van der Waals surface area (Å²) in [6.45, 7) is 2.04. The SMILES string of the molecule is COc1ccc(NC2CCN(C)CC2)c(C(=O)c2ccccc2F)c1. The third-order valence-corrected chi connectivity index (χ3v) is 4.67. The second-order valence-electron chi connectivity index (χ2n) is 6.44. The number of likely N-dealkylation sites (tertiary alicyclic amines) is 1. The molecule has 5 heteroatoms. The molecule has 3 rings (SSSR count). The van der Waals surface area contributed by atoms with Gasteiger partial charge in [-0.3, -0.25) is 4.79 Å². The van der Waals surface area contributed by atoms with E-state index in [-0.39, 0.29) is 11.3 Å². The molecule has 132 valence electrons. The number of nitrogens with one attached hydrogen (secondary N) is 1. The topological polar surface area (TPSA) is 41.6 Å². The number of ketones is 1.